The van der Waals surface area contributed by atoms with E-state index in [-0.39, 0.29) is 16.7 Å². The smallest absolute Gasteiger partial charge is 0.336 e. The maximum absolute atomic E-state index is 11.6. The Balaban J connectivity index is 2.27. The van der Waals surface area contributed by atoms with Crippen LogP contribution in [0.15, 0.2) is 35.8 Å². The Bertz CT molecular complexity index is 914. The standard InChI is InChI=1S/C16H11NO4S/c1-8-10(15(18)19)3-4-11(14(8)16(20)21)9-2-5-12-13(6-9)22-7-17-12/h2-7H,1H3,(H,18,19)(H,20,21). The van der Waals surface area contributed by atoms with Gasteiger partial charge in [0, 0.05) is 0 Å². The fourth-order valence-electron chi connectivity index (χ4n) is 2.48. The number of aromatic carboxylic acids is 2. The van der Waals surface area contributed by atoms with E-state index in [1.807, 2.05) is 12.1 Å². The fourth-order valence-corrected chi connectivity index (χ4v) is 3.20. The minimum Gasteiger partial charge on any atom is -0.478 e. The monoisotopic (exact) mass is 313 g/mol. The molecule has 0 fully saturated rings. The zero-order chi connectivity index (χ0) is 15.9. The zero-order valence-corrected chi connectivity index (χ0v) is 12.3. The summed E-state index contributed by atoms with van der Waals surface area (Å²) in [7, 11) is 0. The van der Waals surface area contributed by atoms with Gasteiger partial charge in [0.05, 0.1) is 26.9 Å². The van der Waals surface area contributed by atoms with Gasteiger partial charge in [0.1, 0.15) is 0 Å². The Morgan fingerprint density at radius 3 is 2.55 bits per heavy atom. The van der Waals surface area contributed by atoms with Crippen LogP contribution in [0.25, 0.3) is 21.3 Å². The zero-order valence-electron chi connectivity index (χ0n) is 11.5. The molecule has 0 aliphatic rings. The van der Waals surface area contributed by atoms with Gasteiger partial charge in [-0.1, -0.05) is 12.1 Å². The molecule has 6 heteroatoms. The van der Waals surface area contributed by atoms with Gasteiger partial charge in [-0.25, -0.2) is 14.6 Å². The van der Waals surface area contributed by atoms with E-state index in [1.54, 1.807) is 17.6 Å². The molecule has 0 bridgehead atoms. The van der Waals surface area contributed by atoms with Crippen LogP contribution in [0.4, 0.5) is 0 Å². The Morgan fingerprint density at radius 2 is 1.86 bits per heavy atom. The predicted molar refractivity (Wildman–Crippen MR) is 83.7 cm³/mol. The number of aromatic nitrogens is 1. The molecular formula is C16H11NO4S. The summed E-state index contributed by atoms with van der Waals surface area (Å²) in [6, 6.07) is 8.48. The number of nitrogens with zero attached hydrogens (tertiary/aromatic N) is 1. The van der Waals surface area contributed by atoms with E-state index >= 15 is 0 Å². The van der Waals surface area contributed by atoms with Crippen molar-refractivity contribution in [2.75, 3.05) is 0 Å². The lowest BCUT2D eigenvalue weighted by Crippen LogP contribution is -2.09. The van der Waals surface area contributed by atoms with Gasteiger partial charge >= 0.3 is 11.9 Å². The Morgan fingerprint density at radius 1 is 1.09 bits per heavy atom. The molecule has 0 saturated carbocycles. The fraction of sp³-hybridized carbons (Fsp3) is 0.0625. The van der Waals surface area contributed by atoms with Crippen molar-refractivity contribution in [3.8, 4) is 11.1 Å². The lowest BCUT2D eigenvalue weighted by atomic mass is 9.92. The van der Waals surface area contributed by atoms with Crippen LogP contribution in [0, 0.1) is 6.92 Å². The van der Waals surface area contributed by atoms with Gasteiger partial charge in [-0.05, 0) is 41.8 Å². The van der Waals surface area contributed by atoms with E-state index in [9.17, 15) is 14.7 Å². The van der Waals surface area contributed by atoms with Gasteiger partial charge in [0.15, 0.2) is 0 Å². The van der Waals surface area contributed by atoms with Gasteiger partial charge in [0.25, 0.3) is 0 Å². The lowest BCUT2D eigenvalue weighted by molar-refractivity contribution is 0.0696. The number of hydrogen-bond acceptors (Lipinski definition) is 4. The third kappa shape index (κ3) is 2.23. The molecule has 2 N–H and O–H groups in total. The highest BCUT2D eigenvalue weighted by atomic mass is 32.1. The van der Waals surface area contributed by atoms with Crippen molar-refractivity contribution in [1.29, 1.82) is 0 Å². The van der Waals surface area contributed by atoms with Gasteiger partial charge in [-0.15, -0.1) is 11.3 Å². The van der Waals surface area contributed by atoms with E-state index in [0.29, 0.717) is 5.56 Å². The van der Waals surface area contributed by atoms with Gasteiger partial charge < -0.3 is 10.2 Å². The normalized spacial score (nSPS) is 10.8. The quantitative estimate of drug-likeness (QED) is 0.770. The molecule has 110 valence electrons. The van der Waals surface area contributed by atoms with Crippen LogP contribution in [0.5, 0.6) is 0 Å². The molecule has 0 saturated heterocycles. The lowest BCUT2D eigenvalue weighted by Gasteiger charge is -2.12. The van der Waals surface area contributed by atoms with Crippen molar-refractivity contribution in [3.63, 3.8) is 0 Å². The number of carboxylic acids is 2. The number of thiazole rings is 1. The highest BCUT2D eigenvalue weighted by Crippen LogP contribution is 2.31. The summed E-state index contributed by atoms with van der Waals surface area (Å²) < 4.78 is 0.953. The maximum Gasteiger partial charge on any atom is 0.336 e. The third-order valence-corrected chi connectivity index (χ3v) is 4.34. The molecule has 1 heterocycles. The van der Waals surface area contributed by atoms with Crippen molar-refractivity contribution in [2.45, 2.75) is 6.92 Å². The number of carbonyl (C=O) groups is 2. The van der Waals surface area contributed by atoms with Gasteiger partial charge in [0.2, 0.25) is 0 Å². The van der Waals surface area contributed by atoms with E-state index in [4.69, 9.17) is 5.11 Å². The number of rotatable bonds is 3. The minimum absolute atomic E-state index is 0.0000170. The van der Waals surface area contributed by atoms with Crippen LogP contribution in [0.2, 0.25) is 0 Å². The average molecular weight is 313 g/mol. The van der Waals surface area contributed by atoms with Crippen LogP contribution in [0.3, 0.4) is 0 Å². The summed E-state index contributed by atoms with van der Waals surface area (Å²) in [4.78, 5) is 27.0. The largest absolute Gasteiger partial charge is 0.478 e. The number of benzene rings is 2. The number of fused-ring (bicyclic) bond motifs is 1. The second kappa shape index (κ2) is 5.23. The van der Waals surface area contributed by atoms with Gasteiger partial charge in [-0.3, -0.25) is 0 Å². The molecule has 22 heavy (non-hydrogen) atoms. The van der Waals surface area contributed by atoms with Crippen LogP contribution >= 0.6 is 11.3 Å². The topological polar surface area (TPSA) is 87.5 Å². The first-order valence-electron chi connectivity index (χ1n) is 6.43. The molecular weight excluding hydrogens is 302 g/mol. The van der Waals surface area contributed by atoms with E-state index in [1.165, 1.54) is 24.3 Å². The van der Waals surface area contributed by atoms with Gasteiger partial charge in [-0.2, -0.15) is 0 Å². The first-order valence-corrected chi connectivity index (χ1v) is 7.31. The van der Waals surface area contributed by atoms with Crippen molar-refractivity contribution in [1.82, 2.24) is 4.98 Å². The third-order valence-electron chi connectivity index (χ3n) is 3.55. The summed E-state index contributed by atoms with van der Waals surface area (Å²) >= 11 is 1.47. The summed E-state index contributed by atoms with van der Waals surface area (Å²) in [5.41, 5.74) is 4.08. The molecule has 0 spiro atoms. The van der Waals surface area contributed by atoms with Crippen LogP contribution in [0.1, 0.15) is 26.3 Å². The second-order valence-electron chi connectivity index (χ2n) is 4.81. The van der Waals surface area contributed by atoms with Crippen molar-refractivity contribution in [3.05, 3.63) is 52.5 Å². The highest BCUT2D eigenvalue weighted by molar-refractivity contribution is 7.16. The Kier molecular flexibility index (Phi) is 3.38. The molecule has 3 aromatic rings. The SMILES string of the molecule is Cc1c(C(=O)O)ccc(-c2ccc3ncsc3c2)c1C(=O)O. The number of carboxylic acid groups (broad SMARTS) is 2. The molecule has 1 aromatic heterocycles. The van der Waals surface area contributed by atoms with Crippen LogP contribution < -0.4 is 0 Å². The summed E-state index contributed by atoms with van der Waals surface area (Å²) in [5, 5.41) is 18.6. The maximum atomic E-state index is 11.6. The van der Waals surface area contributed by atoms with Crippen molar-refractivity contribution in [2.24, 2.45) is 0 Å². The van der Waals surface area contributed by atoms with Crippen LogP contribution in [-0.4, -0.2) is 27.1 Å². The van der Waals surface area contributed by atoms with Crippen molar-refractivity contribution >= 4 is 33.5 Å². The summed E-state index contributed by atoms with van der Waals surface area (Å²) in [6.45, 7) is 1.52. The van der Waals surface area contributed by atoms with Crippen molar-refractivity contribution < 1.29 is 19.8 Å². The first kappa shape index (κ1) is 14.2. The first-order chi connectivity index (χ1) is 10.5. The highest BCUT2D eigenvalue weighted by Gasteiger charge is 2.20. The molecule has 0 atom stereocenters. The van der Waals surface area contributed by atoms with E-state index in [0.717, 1.165) is 15.8 Å². The minimum atomic E-state index is -1.14. The molecule has 0 aliphatic carbocycles. The predicted octanol–water partition coefficient (Wildman–Crippen LogP) is 3.67. The molecule has 2 aromatic carbocycles. The van der Waals surface area contributed by atoms with Crippen LogP contribution in [-0.2, 0) is 0 Å². The Hall–Kier alpha value is -2.73. The van der Waals surface area contributed by atoms with E-state index < -0.39 is 11.9 Å². The number of hydrogen-bond donors (Lipinski definition) is 2. The molecule has 0 amide bonds. The van der Waals surface area contributed by atoms with E-state index in [2.05, 4.69) is 4.98 Å². The Labute approximate surface area is 129 Å². The molecule has 5 nitrogen and oxygen atoms in total. The average Bonchev–Trinajstić information content (AvgIpc) is 2.93. The molecule has 0 unspecified atom stereocenters. The second-order valence-corrected chi connectivity index (χ2v) is 5.69. The molecule has 3 rings (SSSR count). The summed E-state index contributed by atoms with van der Waals surface area (Å²) in [5.74, 6) is -2.27. The molecule has 0 aliphatic heterocycles. The molecule has 0 radical (unpaired) electrons. The summed E-state index contributed by atoms with van der Waals surface area (Å²) in [6.07, 6.45) is 0.